The number of nitrogens with one attached hydrogen (secondary N) is 1. The molecular weight excluding hydrogens is 260 g/mol. The molecule has 3 heteroatoms. The lowest BCUT2D eigenvalue weighted by molar-refractivity contribution is -0.00262. The quantitative estimate of drug-likeness (QED) is 0.834. The highest BCUT2D eigenvalue weighted by Crippen LogP contribution is 2.16. The van der Waals surface area contributed by atoms with Gasteiger partial charge in [0.2, 0.25) is 0 Å². The van der Waals surface area contributed by atoms with Crippen molar-refractivity contribution in [2.45, 2.75) is 58.3 Å². The van der Waals surface area contributed by atoms with Crippen LogP contribution < -0.4 is 5.32 Å². The van der Waals surface area contributed by atoms with Crippen LogP contribution in [0.15, 0.2) is 24.3 Å². The van der Waals surface area contributed by atoms with E-state index >= 15 is 0 Å². The molecule has 1 N–H and O–H groups in total. The fourth-order valence-corrected chi connectivity index (χ4v) is 2.85. The number of hydrogen-bond acceptors (Lipinski definition) is 3. The standard InChI is InChI=1S/C18H30N2O/c1-15(2)19-12-16-8-4-5-9-17(16)13-20(3)14-18-10-6-7-11-21-18/h4-5,8-9,15,18-19H,6-7,10-14H2,1-3H3. The van der Waals surface area contributed by atoms with Crippen LogP contribution in [-0.4, -0.2) is 37.2 Å². The molecule has 1 aliphatic heterocycles. The van der Waals surface area contributed by atoms with Crippen LogP contribution in [0.2, 0.25) is 0 Å². The Morgan fingerprint density at radius 3 is 2.67 bits per heavy atom. The number of benzene rings is 1. The third-order valence-corrected chi connectivity index (χ3v) is 4.05. The highest BCUT2D eigenvalue weighted by atomic mass is 16.5. The molecule has 0 radical (unpaired) electrons. The van der Waals surface area contributed by atoms with E-state index in [2.05, 4.69) is 55.4 Å². The molecule has 0 aliphatic carbocycles. The molecule has 2 rings (SSSR count). The van der Waals surface area contributed by atoms with E-state index in [4.69, 9.17) is 4.74 Å². The number of ether oxygens (including phenoxy) is 1. The minimum absolute atomic E-state index is 0.421. The average Bonchev–Trinajstić information content (AvgIpc) is 2.47. The zero-order chi connectivity index (χ0) is 15.1. The second-order valence-electron chi connectivity index (χ2n) is 6.49. The summed E-state index contributed by atoms with van der Waals surface area (Å²) in [6.45, 7) is 8.29. The minimum atomic E-state index is 0.421. The van der Waals surface area contributed by atoms with E-state index in [0.29, 0.717) is 12.1 Å². The SMILES string of the molecule is CC(C)NCc1ccccc1CN(C)CC1CCCCO1. The predicted octanol–water partition coefficient (Wildman–Crippen LogP) is 3.19. The van der Waals surface area contributed by atoms with Gasteiger partial charge in [-0.3, -0.25) is 4.90 Å². The van der Waals surface area contributed by atoms with Crippen LogP contribution in [0.3, 0.4) is 0 Å². The second-order valence-corrected chi connectivity index (χ2v) is 6.49. The summed E-state index contributed by atoms with van der Waals surface area (Å²) in [5.74, 6) is 0. The maximum absolute atomic E-state index is 5.84. The van der Waals surface area contributed by atoms with Gasteiger partial charge in [0, 0.05) is 32.3 Å². The smallest absolute Gasteiger partial charge is 0.0702 e. The lowest BCUT2D eigenvalue weighted by Crippen LogP contribution is -2.33. The zero-order valence-corrected chi connectivity index (χ0v) is 13.8. The van der Waals surface area contributed by atoms with Crippen LogP contribution in [-0.2, 0) is 17.8 Å². The number of likely N-dealkylation sites (N-methyl/N-ethyl adjacent to an activating group) is 1. The van der Waals surface area contributed by atoms with E-state index in [1.807, 2.05) is 0 Å². The van der Waals surface area contributed by atoms with E-state index in [0.717, 1.165) is 26.2 Å². The molecule has 0 aromatic heterocycles. The van der Waals surface area contributed by atoms with Crippen LogP contribution in [0.25, 0.3) is 0 Å². The Bertz CT molecular complexity index is 413. The molecule has 118 valence electrons. The van der Waals surface area contributed by atoms with E-state index in [1.54, 1.807) is 0 Å². The van der Waals surface area contributed by atoms with Crippen LogP contribution >= 0.6 is 0 Å². The van der Waals surface area contributed by atoms with Crippen molar-refractivity contribution in [1.82, 2.24) is 10.2 Å². The van der Waals surface area contributed by atoms with Gasteiger partial charge in [-0.25, -0.2) is 0 Å². The molecule has 0 bridgehead atoms. The van der Waals surface area contributed by atoms with Gasteiger partial charge in [0.05, 0.1) is 6.10 Å². The van der Waals surface area contributed by atoms with Crippen molar-refractivity contribution in [2.75, 3.05) is 20.2 Å². The van der Waals surface area contributed by atoms with Crippen molar-refractivity contribution in [3.8, 4) is 0 Å². The Kier molecular flexibility index (Phi) is 6.68. The van der Waals surface area contributed by atoms with Crippen molar-refractivity contribution in [1.29, 1.82) is 0 Å². The van der Waals surface area contributed by atoms with Gasteiger partial charge in [0.15, 0.2) is 0 Å². The summed E-state index contributed by atoms with van der Waals surface area (Å²) in [5.41, 5.74) is 2.83. The molecule has 1 atom stereocenters. The molecule has 0 spiro atoms. The molecule has 0 amide bonds. The van der Waals surface area contributed by atoms with E-state index in [1.165, 1.54) is 30.4 Å². The molecule has 1 aromatic carbocycles. The summed E-state index contributed by atoms with van der Waals surface area (Å²) in [6, 6.07) is 9.27. The van der Waals surface area contributed by atoms with Crippen LogP contribution in [0.1, 0.15) is 44.2 Å². The van der Waals surface area contributed by atoms with E-state index in [-0.39, 0.29) is 0 Å². The minimum Gasteiger partial charge on any atom is -0.377 e. The average molecular weight is 290 g/mol. The highest BCUT2D eigenvalue weighted by molar-refractivity contribution is 5.27. The first kappa shape index (κ1) is 16.5. The summed E-state index contributed by atoms with van der Waals surface area (Å²) in [4.78, 5) is 2.39. The summed E-state index contributed by atoms with van der Waals surface area (Å²) in [6.07, 6.45) is 4.17. The zero-order valence-electron chi connectivity index (χ0n) is 13.8. The van der Waals surface area contributed by atoms with Crippen molar-refractivity contribution in [3.63, 3.8) is 0 Å². The fourth-order valence-electron chi connectivity index (χ4n) is 2.85. The second kappa shape index (κ2) is 8.52. The summed E-state index contributed by atoms with van der Waals surface area (Å²) in [7, 11) is 2.20. The summed E-state index contributed by atoms with van der Waals surface area (Å²) < 4.78 is 5.84. The third-order valence-electron chi connectivity index (χ3n) is 4.05. The lowest BCUT2D eigenvalue weighted by atomic mass is 10.1. The van der Waals surface area contributed by atoms with Crippen molar-refractivity contribution in [3.05, 3.63) is 35.4 Å². The third kappa shape index (κ3) is 5.77. The Balaban J connectivity index is 1.88. The Morgan fingerprint density at radius 2 is 2.00 bits per heavy atom. The molecular formula is C18H30N2O. The largest absolute Gasteiger partial charge is 0.377 e. The Hall–Kier alpha value is -0.900. The van der Waals surface area contributed by atoms with Crippen molar-refractivity contribution >= 4 is 0 Å². The number of nitrogens with zero attached hydrogens (tertiary/aromatic N) is 1. The molecule has 3 nitrogen and oxygen atoms in total. The first-order valence-corrected chi connectivity index (χ1v) is 8.25. The van der Waals surface area contributed by atoms with Gasteiger partial charge in [-0.2, -0.15) is 0 Å². The van der Waals surface area contributed by atoms with Gasteiger partial charge >= 0.3 is 0 Å². The highest BCUT2D eigenvalue weighted by Gasteiger charge is 2.16. The van der Waals surface area contributed by atoms with Gasteiger partial charge in [0.25, 0.3) is 0 Å². The van der Waals surface area contributed by atoms with Gasteiger partial charge in [-0.05, 0) is 37.4 Å². The first-order chi connectivity index (χ1) is 10.1. The fraction of sp³-hybridized carbons (Fsp3) is 0.667. The predicted molar refractivity (Wildman–Crippen MR) is 88.3 cm³/mol. The van der Waals surface area contributed by atoms with Crippen LogP contribution in [0.5, 0.6) is 0 Å². The number of hydrogen-bond donors (Lipinski definition) is 1. The summed E-state index contributed by atoms with van der Waals surface area (Å²) >= 11 is 0. The topological polar surface area (TPSA) is 24.5 Å². The molecule has 1 aromatic rings. The maximum Gasteiger partial charge on any atom is 0.0702 e. The normalized spacial score (nSPS) is 19.4. The maximum atomic E-state index is 5.84. The van der Waals surface area contributed by atoms with Crippen LogP contribution in [0, 0.1) is 0 Å². The molecule has 1 saturated heterocycles. The molecule has 21 heavy (non-hydrogen) atoms. The summed E-state index contributed by atoms with van der Waals surface area (Å²) in [5, 5.41) is 3.51. The lowest BCUT2D eigenvalue weighted by Gasteiger charge is -2.28. The number of rotatable bonds is 7. The van der Waals surface area contributed by atoms with E-state index < -0.39 is 0 Å². The molecule has 1 heterocycles. The molecule has 1 unspecified atom stereocenters. The van der Waals surface area contributed by atoms with E-state index in [9.17, 15) is 0 Å². The Labute approximate surface area is 129 Å². The Morgan fingerprint density at radius 1 is 1.24 bits per heavy atom. The van der Waals surface area contributed by atoms with Crippen molar-refractivity contribution in [2.24, 2.45) is 0 Å². The van der Waals surface area contributed by atoms with Gasteiger partial charge in [-0.15, -0.1) is 0 Å². The van der Waals surface area contributed by atoms with Crippen LogP contribution in [0.4, 0.5) is 0 Å². The first-order valence-electron chi connectivity index (χ1n) is 8.25. The van der Waals surface area contributed by atoms with Crippen molar-refractivity contribution < 1.29 is 4.74 Å². The van der Waals surface area contributed by atoms with Gasteiger partial charge in [-0.1, -0.05) is 38.1 Å². The van der Waals surface area contributed by atoms with Gasteiger partial charge in [0.1, 0.15) is 0 Å². The molecule has 1 fully saturated rings. The molecule has 1 aliphatic rings. The monoisotopic (exact) mass is 290 g/mol. The molecule has 0 saturated carbocycles. The van der Waals surface area contributed by atoms with Gasteiger partial charge < -0.3 is 10.1 Å².